The van der Waals surface area contributed by atoms with Crippen LogP contribution >= 0.6 is 27.3 Å². The Labute approximate surface area is 99.7 Å². The first-order chi connectivity index (χ1) is 7.16. The van der Waals surface area contributed by atoms with Crippen molar-refractivity contribution in [1.29, 1.82) is 0 Å². The van der Waals surface area contributed by atoms with Crippen LogP contribution in [0.25, 0.3) is 0 Å². The molecule has 2 aromatic heterocycles. The molecule has 0 aromatic carbocycles. The van der Waals surface area contributed by atoms with Crippen LogP contribution in [0.15, 0.2) is 10.1 Å². The predicted octanol–water partition coefficient (Wildman–Crippen LogP) is 1.95. The van der Waals surface area contributed by atoms with Gasteiger partial charge in [0.15, 0.2) is 3.92 Å². The van der Waals surface area contributed by atoms with Gasteiger partial charge in [-0.05, 0) is 22.9 Å². The summed E-state index contributed by atoms with van der Waals surface area (Å²) in [5.74, 6) is 0. The van der Waals surface area contributed by atoms with E-state index in [4.69, 9.17) is 0 Å². The summed E-state index contributed by atoms with van der Waals surface area (Å²) in [6.07, 6.45) is 1.86. The number of hydrogen-bond acceptors (Lipinski definition) is 5. The first kappa shape index (κ1) is 10.6. The third-order valence-corrected chi connectivity index (χ3v) is 3.48. The summed E-state index contributed by atoms with van der Waals surface area (Å²) >= 11 is 4.74. The van der Waals surface area contributed by atoms with E-state index in [1.807, 2.05) is 24.9 Å². The fourth-order valence-corrected chi connectivity index (χ4v) is 2.17. The van der Waals surface area contributed by atoms with Crippen molar-refractivity contribution in [3.8, 4) is 0 Å². The molecule has 2 heterocycles. The number of aromatic nitrogens is 4. The van der Waals surface area contributed by atoms with E-state index in [-0.39, 0.29) is 0 Å². The average Bonchev–Trinajstić information content (AvgIpc) is 2.74. The summed E-state index contributed by atoms with van der Waals surface area (Å²) in [6, 6.07) is 0. The second-order valence-corrected chi connectivity index (χ2v) is 5.35. The lowest BCUT2D eigenvalue weighted by Crippen LogP contribution is -2.01. The summed E-state index contributed by atoms with van der Waals surface area (Å²) in [5, 5.41) is 16.0. The number of aryl methyl sites for hydroxylation is 1. The highest BCUT2D eigenvalue weighted by molar-refractivity contribution is 9.11. The van der Waals surface area contributed by atoms with E-state index < -0.39 is 0 Å². The highest BCUT2D eigenvalue weighted by Gasteiger charge is 2.05. The smallest absolute Gasteiger partial charge is 0.206 e. The Morgan fingerprint density at radius 2 is 2.33 bits per heavy atom. The van der Waals surface area contributed by atoms with Crippen LogP contribution in [0.4, 0.5) is 5.13 Å². The van der Waals surface area contributed by atoms with E-state index in [9.17, 15) is 0 Å². The lowest BCUT2D eigenvalue weighted by atomic mass is 10.2. The molecule has 0 fully saturated rings. The van der Waals surface area contributed by atoms with Crippen molar-refractivity contribution in [1.82, 2.24) is 20.0 Å². The van der Waals surface area contributed by atoms with Crippen LogP contribution < -0.4 is 5.32 Å². The highest BCUT2D eigenvalue weighted by atomic mass is 79.9. The second kappa shape index (κ2) is 4.28. The third-order valence-electron chi connectivity index (χ3n) is 2.17. The molecule has 0 aliphatic heterocycles. The predicted molar refractivity (Wildman–Crippen MR) is 62.9 cm³/mol. The summed E-state index contributed by atoms with van der Waals surface area (Å²) in [5.41, 5.74) is 2.33. The van der Waals surface area contributed by atoms with Crippen LogP contribution in [0.2, 0.25) is 0 Å². The molecule has 7 heteroatoms. The lowest BCUT2D eigenvalue weighted by Gasteiger charge is -2.00. The number of nitrogens with one attached hydrogen (secondary N) is 1. The summed E-state index contributed by atoms with van der Waals surface area (Å²) in [4.78, 5) is 0. The van der Waals surface area contributed by atoms with Crippen LogP contribution in [0.3, 0.4) is 0 Å². The summed E-state index contributed by atoms with van der Waals surface area (Å²) in [6.45, 7) is 2.77. The van der Waals surface area contributed by atoms with Gasteiger partial charge < -0.3 is 5.32 Å². The first-order valence-corrected chi connectivity index (χ1v) is 5.98. The van der Waals surface area contributed by atoms with Gasteiger partial charge in [0.2, 0.25) is 5.13 Å². The molecule has 0 bridgehead atoms. The van der Waals surface area contributed by atoms with Gasteiger partial charge in [-0.2, -0.15) is 5.10 Å². The van der Waals surface area contributed by atoms with Crippen LogP contribution in [-0.2, 0) is 13.6 Å². The molecule has 0 saturated carbocycles. The van der Waals surface area contributed by atoms with E-state index in [1.165, 1.54) is 16.9 Å². The van der Waals surface area contributed by atoms with Gasteiger partial charge in [-0.15, -0.1) is 10.2 Å². The quantitative estimate of drug-likeness (QED) is 0.938. The van der Waals surface area contributed by atoms with Gasteiger partial charge in [-0.1, -0.05) is 11.3 Å². The van der Waals surface area contributed by atoms with Crippen LogP contribution in [0, 0.1) is 6.92 Å². The normalized spacial score (nSPS) is 10.6. The molecule has 0 saturated heterocycles. The van der Waals surface area contributed by atoms with Gasteiger partial charge in [0.1, 0.15) is 0 Å². The topological polar surface area (TPSA) is 55.6 Å². The lowest BCUT2D eigenvalue weighted by molar-refractivity contribution is 0.738. The fraction of sp³-hybridized carbons (Fsp3) is 0.375. The maximum Gasteiger partial charge on any atom is 0.206 e. The minimum absolute atomic E-state index is 0.724. The van der Waals surface area contributed by atoms with E-state index in [0.29, 0.717) is 0 Å². The van der Waals surface area contributed by atoms with E-state index >= 15 is 0 Å². The van der Waals surface area contributed by atoms with Gasteiger partial charge >= 0.3 is 0 Å². The van der Waals surface area contributed by atoms with Crippen molar-refractivity contribution >= 4 is 32.4 Å². The Hall–Kier alpha value is -0.950. The molecule has 0 aliphatic rings. The minimum Gasteiger partial charge on any atom is -0.356 e. The van der Waals surface area contributed by atoms with Crippen LogP contribution in [-0.4, -0.2) is 20.0 Å². The Morgan fingerprint density at radius 1 is 1.53 bits per heavy atom. The number of halogens is 1. The van der Waals surface area contributed by atoms with Crippen molar-refractivity contribution in [3.05, 3.63) is 21.4 Å². The Kier molecular flexibility index (Phi) is 3.01. The van der Waals surface area contributed by atoms with Crippen molar-refractivity contribution < 1.29 is 0 Å². The molecule has 0 spiro atoms. The monoisotopic (exact) mass is 287 g/mol. The van der Waals surface area contributed by atoms with Gasteiger partial charge in [-0.3, -0.25) is 4.68 Å². The van der Waals surface area contributed by atoms with Gasteiger partial charge in [0.25, 0.3) is 0 Å². The highest BCUT2D eigenvalue weighted by Crippen LogP contribution is 2.20. The average molecular weight is 288 g/mol. The van der Waals surface area contributed by atoms with E-state index in [2.05, 4.69) is 36.5 Å². The maximum absolute atomic E-state index is 4.17. The molecule has 0 unspecified atom stereocenters. The van der Waals surface area contributed by atoms with Crippen LogP contribution in [0.5, 0.6) is 0 Å². The molecule has 0 atom stereocenters. The molecule has 0 radical (unpaired) electrons. The molecule has 0 amide bonds. The summed E-state index contributed by atoms with van der Waals surface area (Å²) < 4.78 is 2.64. The van der Waals surface area contributed by atoms with Crippen LogP contribution in [0.1, 0.15) is 11.3 Å². The molecule has 2 rings (SSSR count). The minimum atomic E-state index is 0.724. The Balaban J connectivity index is 2.02. The van der Waals surface area contributed by atoms with Crippen molar-refractivity contribution in [2.24, 2.45) is 7.05 Å². The molecular weight excluding hydrogens is 278 g/mol. The Morgan fingerprint density at radius 3 is 2.87 bits per heavy atom. The molecule has 5 nitrogen and oxygen atoms in total. The molecular formula is C8H10BrN5S. The second-order valence-electron chi connectivity index (χ2n) is 3.09. The maximum atomic E-state index is 4.17. The number of nitrogens with zero attached hydrogens (tertiary/aromatic N) is 4. The number of anilines is 1. The Bertz CT molecular complexity index is 463. The SMILES string of the molecule is Cc1c(CNc2nnc(Br)s2)cnn1C. The van der Waals surface area contributed by atoms with Gasteiger partial charge in [0, 0.05) is 24.8 Å². The van der Waals surface area contributed by atoms with E-state index in [0.717, 1.165) is 21.3 Å². The standard InChI is InChI=1S/C8H10BrN5S/c1-5-6(4-11-14(5)2)3-10-8-13-12-7(9)15-8/h4H,3H2,1-2H3,(H,10,13). The number of rotatable bonds is 3. The molecule has 80 valence electrons. The first-order valence-electron chi connectivity index (χ1n) is 4.37. The third kappa shape index (κ3) is 2.35. The van der Waals surface area contributed by atoms with Crippen molar-refractivity contribution in [3.63, 3.8) is 0 Å². The largest absolute Gasteiger partial charge is 0.356 e. The zero-order valence-corrected chi connectivity index (χ0v) is 10.8. The van der Waals surface area contributed by atoms with E-state index in [1.54, 1.807) is 0 Å². The molecule has 15 heavy (non-hydrogen) atoms. The zero-order chi connectivity index (χ0) is 10.8. The van der Waals surface area contributed by atoms with Gasteiger partial charge in [0.05, 0.1) is 6.20 Å². The fourth-order valence-electron chi connectivity index (χ4n) is 1.17. The summed E-state index contributed by atoms with van der Waals surface area (Å²) in [7, 11) is 1.93. The van der Waals surface area contributed by atoms with Crippen molar-refractivity contribution in [2.75, 3.05) is 5.32 Å². The van der Waals surface area contributed by atoms with Gasteiger partial charge in [-0.25, -0.2) is 0 Å². The number of hydrogen-bond donors (Lipinski definition) is 1. The zero-order valence-electron chi connectivity index (χ0n) is 8.36. The van der Waals surface area contributed by atoms with Crippen molar-refractivity contribution in [2.45, 2.75) is 13.5 Å². The molecule has 2 aromatic rings. The molecule has 1 N–H and O–H groups in total. The molecule has 0 aliphatic carbocycles.